The summed E-state index contributed by atoms with van der Waals surface area (Å²) in [6, 6.07) is 14.4. The average molecular weight is 723 g/mol. The Bertz CT molecular complexity index is 1560. The van der Waals surface area contributed by atoms with Crippen LogP contribution in [0.5, 0.6) is 23.0 Å². The molecular formula is C38H54N6O8. The molecule has 0 unspecified atom stereocenters. The van der Waals surface area contributed by atoms with Gasteiger partial charge in [0.25, 0.3) is 0 Å². The van der Waals surface area contributed by atoms with E-state index >= 15 is 0 Å². The van der Waals surface area contributed by atoms with Crippen molar-refractivity contribution in [1.82, 2.24) is 25.3 Å². The molecule has 2 atom stereocenters. The third-order valence-electron chi connectivity index (χ3n) is 9.56. The van der Waals surface area contributed by atoms with Gasteiger partial charge in [-0.05, 0) is 81.1 Å². The van der Waals surface area contributed by atoms with Gasteiger partial charge in [-0.25, -0.2) is 0 Å². The second-order valence-corrected chi connectivity index (χ2v) is 13.5. The smallest absolute Gasteiger partial charge is 0.240 e. The van der Waals surface area contributed by atoms with E-state index in [2.05, 4.69) is 48.6 Å². The van der Waals surface area contributed by atoms with Gasteiger partial charge in [-0.3, -0.25) is 39.6 Å². The van der Waals surface area contributed by atoms with E-state index in [0.717, 1.165) is 49.4 Å². The molecular weight excluding hydrogens is 668 g/mol. The van der Waals surface area contributed by atoms with Crippen molar-refractivity contribution in [2.75, 3.05) is 81.3 Å². The van der Waals surface area contributed by atoms with Gasteiger partial charge in [0.05, 0.1) is 66.1 Å². The number of likely N-dealkylation sites (N-methyl/N-ethyl adjacent to an activating group) is 1. The van der Waals surface area contributed by atoms with Gasteiger partial charge in [0, 0.05) is 19.1 Å². The van der Waals surface area contributed by atoms with Crippen LogP contribution in [0.25, 0.3) is 0 Å². The molecule has 0 aromatic heterocycles. The molecule has 284 valence electrons. The van der Waals surface area contributed by atoms with E-state index in [-0.39, 0.29) is 61.8 Å². The fraction of sp³-hybridized carbons (Fsp3) is 0.553. The van der Waals surface area contributed by atoms with Crippen molar-refractivity contribution in [2.45, 2.75) is 51.5 Å². The Morgan fingerprint density at radius 3 is 1.81 bits per heavy atom. The number of carbonyl (C=O) groups is 4. The van der Waals surface area contributed by atoms with Gasteiger partial charge >= 0.3 is 0 Å². The number of rotatable bonds is 16. The molecule has 2 heterocycles. The van der Waals surface area contributed by atoms with Crippen LogP contribution in [-0.4, -0.2) is 126 Å². The van der Waals surface area contributed by atoms with Crippen LogP contribution in [0.4, 0.5) is 0 Å². The lowest BCUT2D eigenvalue weighted by Gasteiger charge is -2.35. The van der Waals surface area contributed by atoms with Crippen molar-refractivity contribution in [3.63, 3.8) is 0 Å². The third kappa shape index (κ3) is 11.4. The van der Waals surface area contributed by atoms with Crippen molar-refractivity contribution in [2.24, 2.45) is 5.92 Å². The van der Waals surface area contributed by atoms with Crippen LogP contribution in [0.15, 0.2) is 36.4 Å². The number of ether oxygens (including phenoxy) is 4. The number of benzene rings is 2. The van der Waals surface area contributed by atoms with E-state index < -0.39 is 5.41 Å². The maximum absolute atomic E-state index is 11.3. The van der Waals surface area contributed by atoms with Crippen molar-refractivity contribution >= 4 is 23.6 Å². The van der Waals surface area contributed by atoms with Gasteiger partial charge in [0.1, 0.15) is 0 Å². The maximum atomic E-state index is 11.3. The predicted octanol–water partition coefficient (Wildman–Crippen LogP) is 2.38. The first-order chi connectivity index (χ1) is 24.8. The van der Waals surface area contributed by atoms with Crippen LogP contribution in [0.3, 0.4) is 0 Å². The highest BCUT2D eigenvalue weighted by molar-refractivity contribution is 6.00. The SMILES string of the molecule is COc1ccc(CCN(C)CCC[C@](C#N)(c2ccc(OC)c(OC)c2)C(C)C)cc1OC.C[C@@H](CN1CC(=O)NC(=O)C1)N1CC(=O)NC(=O)C1. The zero-order valence-corrected chi connectivity index (χ0v) is 31.7. The Balaban J connectivity index is 0.000000323. The van der Waals surface area contributed by atoms with E-state index in [0.29, 0.717) is 18.0 Å². The summed E-state index contributed by atoms with van der Waals surface area (Å²) in [5.41, 5.74) is 1.60. The number of amides is 4. The van der Waals surface area contributed by atoms with Crippen LogP contribution in [0.1, 0.15) is 44.7 Å². The van der Waals surface area contributed by atoms with Crippen LogP contribution >= 0.6 is 0 Å². The summed E-state index contributed by atoms with van der Waals surface area (Å²) in [7, 11) is 8.67. The fourth-order valence-corrected chi connectivity index (χ4v) is 6.51. The van der Waals surface area contributed by atoms with E-state index in [1.54, 1.807) is 38.2 Å². The second-order valence-electron chi connectivity index (χ2n) is 13.5. The van der Waals surface area contributed by atoms with E-state index in [9.17, 15) is 24.4 Å². The summed E-state index contributed by atoms with van der Waals surface area (Å²) in [5, 5.41) is 14.7. The number of methoxy groups -OCH3 is 4. The molecule has 0 aliphatic carbocycles. The van der Waals surface area contributed by atoms with Gasteiger partial charge in [0.15, 0.2) is 23.0 Å². The molecule has 14 nitrogen and oxygen atoms in total. The summed E-state index contributed by atoms with van der Waals surface area (Å²) in [6.07, 6.45) is 2.61. The molecule has 2 aromatic carbocycles. The molecule has 2 N–H and O–H groups in total. The van der Waals surface area contributed by atoms with Crippen LogP contribution in [-0.2, 0) is 31.0 Å². The van der Waals surface area contributed by atoms with E-state index in [1.165, 1.54) is 5.56 Å². The molecule has 2 fully saturated rings. The molecule has 0 spiro atoms. The van der Waals surface area contributed by atoms with E-state index in [4.69, 9.17) is 18.9 Å². The number of nitrogens with zero attached hydrogens (tertiary/aromatic N) is 4. The lowest BCUT2D eigenvalue weighted by Crippen LogP contribution is -2.58. The van der Waals surface area contributed by atoms with Crippen molar-refractivity contribution in [1.29, 1.82) is 5.26 Å². The summed E-state index contributed by atoms with van der Waals surface area (Å²) in [6.45, 7) is 9.00. The van der Waals surface area contributed by atoms with Crippen LogP contribution < -0.4 is 29.6 Å². The topological polar surface area (TPSA) is 163 Å². The minimum absolute atomic E-state index is 0.0892. The highest BCUT2D eigenvalue weighted by atomic mass is 16.5. The fourth-order valence-electron chi connectivity index (χ4n) is 6.51. The quantitative estimate of drug-likeness (QED) is 0.244. The van der Waals surface area contributed by atoms with E-state index in [1.807, 2.05) is 37.3 Å². The van der Waals surface area contributed by atoms with Crippen molar-refractivity contribution < 1.29 is 38.1 Å². The molecule has 0 saturated carbocycles. The van der Waals surface area contributed by atoms with Crippen molar-refractivity contribution in [3.8, 4) is 29.1 Å². The predicted molar refractivity (Wildman–Crippen MR) is 195 cm³/mol. The third-order valence-corrected chi connectivity index (χ3v) is 9.56. The number of piperazine rings is 2. The average Bonchev–Trinajstić information content (AvgIpc) is 3.11. The van der Waals surface area contributed by atoms with Gasteiger partial charge in [0.2, 0.25) is 23.6 Å². The zero-order chi connectivity index (χ0) is 38.4. The first-order valence-electron chi connectivity index (χ1n) is 17.4. The van der Waals surface area contributed by atoms with Gasteiger partial charge in [-0.15, -0.1) is 0 Å². The highest BCUT2D eigenvalue weighted by Crippen LogP contribution is 2.40. The lowest BCUT2D eigenvalue weighted by atomic mass is 9.69. The van der Waals surface area contributed by atoms with Crippen molar-refractivity contribution in [3.05, 3.63) is 47.5 Å². The number of imide groups is 2. The largest absolute Gasteiger partial charge is 0.493 e. The number of carbonyl (C=O) groups excluding carboxylic acids is 4. The molecule has 0 radical (unpaired) electrons. The normalized spacial score (nSPS) is 16.9. The van der Waals surface area contributed by atoms with Crippen LogP contribution in [0.2, 0.25) is 0 Å². The Labute approximate surface area is 307 Å². The monoisotopic (exact) mass is 722 g/mol. The number of hydrogen-bond donors (Lipinski definition) is 2. The summed E-state index contributed by atoms with van der Waals surface area (Å²) in [4.78, 5) is 50.8. The highest BCUT2D eigenvalue weighted by Gasteiger charge is 2.36. The van der Waals surface area contributed by atoms with Crippen LogP contribution in [0, 0.1) is 17.2 Å². The van der Waals surface area contributed by atoms with Gasteiger partial charge in [-0.1, -0.05) is 26.0 Å². The molecule has 0 bridgehead atoms. The molecule has 52 heavy (non-hydrogen) atoms. The van der Waals surface area contributed by atoms with Gasteiger partial charge < -0.3 is 23.8 Å². The zero-order valence-electron chi connectivity index (χ0n) is 31.7. The number of nitriles is 1. The standard InChI is InChI=1S/C27H38N2O4.C11H16N4O4/c1-20(2)27(19-28,22-10-12-24(31-5)26(18-22)33-7)14-8-15-29(3)16-13-21-9-11-23(30-4)25(17-21)32-6;1-7(15-5-10(18)13-11(19)6-15)2-14-3-8(16)12-9(17)4-14/h9-12,17-18,20H,8,13-16H2,1-7H3;7H,2-6H2,1H3,(H,12,16,17)(H,13,18,19)/t27-;7-/m10/s1. The first-order valence-corrected chi connectivity index (χ1v) is 17.4. The Morgan fingerprint density at radius 1 is 0.769 bits per heavy atom. The number of nitrogens with one attached hydrogen (secondary N) is 2. The summed E-state index contributed by atoms with van der Waals surface area (Å²) < 4.78 is 21.6. The summed E-state index contributed by atoms with van der Waals surface area (Å²) >= 11 is 0. The first kappa shape index (κ1) is 41.7. The summed E-state index contributed by atoms with van der Waals surface area (Å²) in [5.74, 6) is 1.69. The molecule has 2 aliphatic heterocycles. The second kappa shape index (κ2) is 19.8. The molecule has 2 aliphatic rings. The van der Waals surface area contributed by atoms with Gasteiger partial charge in [-0.2, -0.15) is 5.26 Å². The Morgan fingerprint density at radius 2 is 1.29 bits per heavy atom. The minimum Gasteiger partial charge on any atom is -0.493 e. The Hall–Kier alpha value is -4.71. The lowest BCUT2D eigenvalue weighted by molar-refractivity contribution is -0.140. The maximum Gasteiger partial charge on any atom is 0.240 e. The Kier molecular flexibility index (Phi) is 15.9. The molecule has 2 saturated heterocycles. The number of hydrogen-bond acceptors (Lipinski definition) is 12. The molecule has 4 amide bonds. The molecule has 14 heteroatoms. The molecule has 4 rings (SSSR count). The minimum atomic E-state index is -0.580. The molecule has 2 aromatic rings.